The molecule has 1 N–H and O–H groups in total. The van der Waals surface area contributed by atoms with Crippen LogP contribution in [-0.2, 0) is 14.4 Å². The molecule has 1 aromatic rings. The van der Waals surface area contributed by atoms with E-state index < -0.39 is 0 Å². The molecule has 2 aliphatic rings. The molecule has 0 unspecified atom stereocenters. The number of nitrogens with one attached hydrogen (secondary N) is 1. The van der Waals surface area contributed by atoms with Gasteiger partial charge in [-0.05, 0) is 51.7 Å². The maximum Gasteiger partial charge on any atom is 0.253 e. The summed E-state index contributed by atoms with van der Waals surface area (Å²) in [4.78, 5) is 32.4. The zero-order valence-corrected chi connectivity index (χ0v) is 15.6. The zero-order chi connectivity index (χ0) is 18.5. The zero-order valence-electron chi connectivity index (χ0n) is 15.6. The van der Waals surface area contributed by atoms with Crippen molar-refractivity contribution in [3.63, 3.8) is 0 Å². The maximum absolute atomic E-state index is 12.8. The lowest BCUT2D eigenvalue weighted by Crippen LogP contribution is -2.46. The van der Waals surface area contributed by atoms with E-state index in [9.17, 15) is 9.59 Å². The molecule has 3 rings (SSSR count). The van der Waals surface area contributed by atoms with Gasteiger partial charge in [-0.15, -0.1) is 0 Å². The summed E-state index contributed by atoms with van der Waals surface area (Å²) in [5.41, 5.74) is 5.37. The van der Waals surface area contributed by atoms with Crippen molar-refractivity contribution in [3.8, 4) is 0 Å². The van der Waals surface area contributed by atoms with Crippen molar-refractivity contribution in [1.29, 1.82) is 0 Å². The summed E-state index contributed by atoms with van der Waals surface area (Å²) in [7, 11) is 0. The Hall–Kier alpha value is -1.92. The van der Waals surface area contributed by atoms with Crippen molar-refractivity contribution in [2.45, 2.75) is 52.2 Å². The number of piperidine rings is 1. The first-order valence-electron chi connectivity index (χ1n) is 9.47. The largest absolute Gasteiger partial charge is 0.350 e. The number of likely N-dealkylation sites (tertiary alicyclic amines) is 1. The van der Waals surface area contributed by atoms with Crippen LogP contribution in [0.4, 0.5) is 0 Å². The van der Waals surface area contributed by atoms with Crippen molar-refractivity contribution < 1.29 is 19.2 Å². The predicted octanol–water partition coefficient (Wildman–Crippen LogP) is 2.73. The van der Waals surface area contributed by atoms with Gasteiger partial charge in [0.1, 0.15) is 0 Å². The maximum atomic E-state index is 12.8. The number of aryl methyl sites for hydroxylation is 2. The lowest BCUT2D eigenvalue weighted by molar-refractivity contribution is -0.202. The Kier molecular flexibility index (Phi) is 6.27. The van der Waals surface area contributed by atoms with E-state index >= 15 is 0 Å². The van der Waals surface area contributed by atoms with Gasteiger partial charge in [0.2, 0.25) is 5.91 Å². The van der Waals surface area contributed by atoms with Gasteiger partial charge in [-0.3, -0.25) is 9.59 Å². The molecule has 0 saturated carbocycles. The number of hydrogen-bond acceptors (Lipinski definition) is 4. The molecule has 0 spiro atoms. The first-order valence-corrected chi connectivity index (χ1v) is 9.47. The third-order valence-electron chi connectivity index (χ3n) is 4.98. The molecule has 0 bridgehead atoms. The number of amides is 2. The Morgan fingerprint density at radius 2 is 1.88 bits per heavy atom. The Morgan fingerprint density at radius 1 is 1.12 bits per heavy atom. The third-order valence-corrected chi connectivity index (χ3v) is 4.98. The average Bonchev–Trinajstić information content (AvgIpc) is 2.65. The highest BCUT2D eigenvalue weighted by Crippen LogP contribution is 2.20. The second kappa shape index (κ2) is 8.64. The van der Waals surface area contributed by atoms with Crippen LogP contribution in [0.25, 0.3) is 0 Å². The first-order chi connectivity index (χ1) is 12.5. The number of carbonyl (C=O) groups is 2. The number of ether oxygens (including phenoxy) is 1. The van der Waals surface area contributed by atoms with Gasteiger partial charge in [-0.2, -0.15) is 0 Å². The molecular formula is C20H28N2O4. The molecule has 142 valence electrons. The SMILES string of the molecule is Cc1cc(C)cc(C(=O)N2CCC[C@H](C(=O)NO[C@@H]3CCCCO3)C2)c1. The predicted molar refractivity (Wildman–Crippen MR) is 97.4 cm³/mol. The minimum atomic E-state index is -0.357. The number of nitrogens with zero attached hydrogens (tertiary/aromatic N) is 1. The molecule has 0 radical (unpaired) electrons. The summed E-state index contributed by atoms with van der Waals surface area (Å²) < 4.78 is 5.45. The fraction of sp³-hybridized carbons (Fsp3) is 0.600. The molecule has 0 aliphatic carbocycles. The molecule has 2 fully saturated rings. The highest BCUT2D eigenvalue weighted by molar-refractivity contribution is 5.95. The van der Waals surface area contributed by atoms with Crippen molar-refractivity contribution in [2.24, 2.45) is 5.92 Å². The third kappa shape index (κ3) is 4.83. The molecule has 6 nitrogen and oxygen atoms in total. The number of hydroxylamine groups is 1. The number of benzene rings is 1. The van der Waals surface area contributed by atoms with Crippen LogP contribution in [0.1, 0.15) is 53.6 Å². The highest BCUT2D eigenvalue weighted by Gasteiger charge is 2.30. The second-order valence-corrected chi connectivity index (χ2v) is 7.35. The summed E-state index contributed by atoms with van der Waals surface area (Å²) in [6.07, 6.45) is 4.09. The standard InChI is InChI=1S/C20H28N2O4/c1-14-10-15(2)12-17(11-14)20(24)22-8-5-6-16(13-22)19(23)21-26-18-7-3-4-9-25-18/h10-12,16,18H,3-9,13H2,1-2H3,(H,21,23)/t16-,18+/m0/s1. The van der Waals surface area contributed by atoms with E-state index in [4.69, 9.17) is 9.57 Å². The van der Waals surface area contributed by atoms with E-state index in [1.165, 1.54) is 0 Å². The van der Waals surface area contributed by atoms with E-state index in [0.717, 1.165) is 43.2 Å². The van der Waals surface area contributed by atoms with Crippen molar-refractivity contribution in [2.75, 3.05) is 19.7 Å². The highest BCUT2D eigenvalue weighted by atomic mass is 16.8. The van der Waals surface area contributed by atoms with E-state index in [1.807, 2.05) is 32.0 Å². The lowest BCUT2D eigenvalue weighted by Gasteiger charge is -2.32. The normalized spacial score (nSPS) is 23.5. The van der Waals surface area contributed by atoms with Gasteiger partial charge in [-0.25, -0.2) is 10.3 Å². The van der Waals surface area contributed by atoms with Crippen LogP contribution >= 0.6 is 0 Å². The van der Waals surface area contributed by atoms with Gasteiger partial charge >= 0.3 is 0 Å². The van der Waals surface area contributed by atoms with Gasteiger partial charge in [0.05, 0.1) is 5.92 Å². The topological polar surface area (TPSA) is 67.9 Å². The van der Waals surface area contributed by atoms with Crippen LogP contribution in [0, 0.1) is 19.8 Å². The van der Waals surface area contributed by atoms with Crippen LogP contribution in [0.15, 0.2) is 18.2 Å². The second-order valence-electron chi connectivity index (χ2n) is 7.35. The number of rotatable bonds is 4. The molecular weight excluding hydrogens is 332 g/mol. The van der Waals surface area contributed by atoms with Crippen LogP contribution in [0.2, 0.25) is 0 Å². The van der Waals surface area contributed by atoms with Gasteiger partial charge < -0.3 is 9.64 Å². The Morgan fingerprint density at radius 3 is 2.58 bits per heavy atom. The number of carbonyl (C=O) groups excluding carboxylic acids is 2. The van der Waals surface area contributed by atoms with Gasteiger partial charge in [0, 0.05) is 31.7 Å². The number of hydrogen-bond donors (Lipinski definition) is 1. The van der Waals surface area contributed by atoms with E-state index in [0.29, 0.717) is 25.3 Å². The molecule has 2 heterocycles. The molecule has 0 aromatic heterocycles. The fourth-order valence-corrected chi connectivity index (χ4v) is 3.67. The van der Waals surface area contributed by atoms with Crippen molar-refractivity contribution in [3.05, 3.63) is 34.9 Å². The Labute approximate surface area is 154 Å². The molecule has 2 amide bonds. The molecule has 6 heteroatoms. The summed E-state index contributed by atoms with van der Waals surface area (Å²) in [5.74, 6) is -0.426. The van der Waals surface area contributed by atoms with Gasteiger partial charge in [0.15, 0.2) is 6.29 Å². The lowest BCUT2D eigenvalue weighted by atomic mass is 9.96. The smallest absolute Gasteiger partial charge is 0.253 e. The summed E-state index contributed by atoms with van der Waals surface area (Å²) in [5, 5.41) is 0. The molecule has 2 aliphatic heterocycles. The van der Waals surface area contributed by atoms with E-state index in [2.05, 4.69) is 5.48 Å². The van der Waals surface area contributed by atoms with Crippen LogP contribution < -0.4 is 5.48 Å². The van der Waals surface area contributed by atoms with Gasteiger partial charge in [0.25, 0.3) is 5.91 Å². The van der Waals surface area contributed by atoms with Gasteiger partial charge in [-0.1, -0.05) is 17.2 Å². The molecule has 2 atom stereocenters. The first kappa shape index (κ1) is 18.9. The summed E-state index contributed by atoms with van der Waals surface area (Å²) in [6.45, 7) is 5.75. The van der Waals surface area contributed by atoms with Crippen LogP contribution in [0.5, 0.6) is 0 Å². The summed E-state index contributed by atoms with van der Waals surface area (Å²) >= 11 is 0. The summed E-state index contributed by atoms with van der Waals surface area (Å²) in [6, 6.07) is 5.86. The minimum Gasteiger partial charge on any atom is -0.350 e. The van der Waals surface area contributed by atoms with E-state index in [1.54, 1.807) is 4.90 Å². The molecule has 2 saturated heterocycles. The fourth-order valence-electron chi connectivity index (χ4n) is 3.67. The van der Waals surface area contributed by atoms with Crippen molar-refractivity contribution in [1.82, 2.24) is 10.4 Å². The quantitative estimate of drug-likeness (QED) is 0.839. The van der Waals surface area contributed by atoms with Crippen LogP contribution in [-0.4, -0.2) is 42.7 Å². The average molecular weight is 360 g/mol. The Bertz CT molecular complexity index is 635. The minimum absolute atomic E-state index is 0.00849. The molecule has 1 aromatic carbocycles. The molecule has 26 heavy (non-hydrogen) atoms. The monoisotopic (exact) mass is 360 g/mol. The Balaban J connectivity index is 1.55. The van der Waals surface area contributed by atoms with Crippen LogP contribution in [0.3, 0.4) is 0 Å². The van der Waals surface area contributed by atoms with E-state index in [-0.39, 0.29) is 24.0 Å². The van der Waals surface area contributed by atoms with Crippen molar-refractivity contribution >= 4 is 11.8 Å².